The quantitative estimate of drug-likeness (QED) is 0.214. The van der Waals surface area contributed by atoms with E-state index in [1.807, 2.05) is 0 Å². The van der Waals surface area contributed by atoms with Crippen LogP contribution < -0.4 is 5.32 Å². The number of thiocarbonyl (C=S) groups is 1. The maximum Gasteiger partial charge on any atom is 0.271 e. The largest absolute Gasteiger partial charge is 0.317 e. The molecular formula is C18H14N4O4S. The lowest BCUT2D eigenvalue weighted by Crippen LogP contribution is -2.53. The third-order valence-electron chi connectivity index (χ3n) is 3.89. The number of nitrogens with zero attached hydrogens (tertiary/aromatic N) is 3. The minimum absolute atomic E-state index is 0.0242. The Morgan fingerprint density at radius 1 is 1.26 bits per heavy atom. The fourth-order valence-corrected chi connectivity index (χ4v) is 2.89. The molecular weight excluding hydrogens is 368 g/mol. The van der Waals surface area contributed by atoms with Crippen LogP contribution in [0.1, 0.15) is 5.69 Å². The first-order chi connectivity index (χ1) is 12.9. The number of non-ortho nitro benzene ring substituents is 1. The highest BCUT2D eigenvalue weighted by Gasteiger charge is 2.32. The van der Waals surface area contributed by atoms with Crippen LogP contribution >= 0.6 is 12.2 Å². The number of benzene rings is 1. The molecule has 3 rings (SSSR count). The summed E-state index contributed by atoms with van der Waals surface area (Å²) in [6.07, 6.45) is 4.61. The number of nitro groups is 1. The van der Waals surface area contributed by atoms with Crippen LogP contribution in [0.2, 0.25) is 0 Å². The van der Waals surface area contributed by atoms with Crippen molar-refractivity contribution >= 4 is 40.9 Å². The van der Waals surface area contributed by atoms with Gasteiger partial charge in [0.25, 0.3) is 17.5 Å². The Balaban J connectivity index is 2.02. The zero-order valence-corrected chi connectivity index (χ0v) is 14.8. The van der Waals surface area contributed by atoms with Crippen molar-refractivity contribution in [3.63, 3.8) is 0 Å². The van der Waals surface area contributed by atoms with Crippen molar-refractivity contribution in [1.82, 2.24) is 14.8 Å². The van der Waals surface area contributed by atoms with E-state index in [-0.39, 0.29) is 22.9 Å². The van der Waals surface area contributed by atoms with Gasteiger partial charge >= 0.3 is 0 Å². The molecule has 0 aliphatic carbocycles. The third kappa shape index (κ3) is 3.53. The Morgan fingerprint density at radius 3 is 2.74 bits per heavy atom. The van der Waals surface area contributed by atoms with Gasteiger partial charge in [-0.05, 0) is 36.5 Å². The summed E-state index contributed by atoms with van der Waals surface area (Å²) in [5.74, 6) is -1.13. The molecule has 8 nitrogen and oxygen atoms in total. The monoisotopic (exact) mass is 382 g/mol. The van der Waals surface area contributed by atoms with Crippen molar-refractivity contribution in [2.75, 3.05) is 6.54 Å². The number of carbonyl (C=O) groups excluding carboxylic acids is 2. The van der Waals surface area contributed by atoms with E-state index >= 15 is 0 Å². The number of aromatic nitrogens is 1. The van der Waals surface area contributed by atoms with E-state index in [4.69, 9.17) is 12.2 Å². The number of hydrogen-bond acceptors (Lipinski definition) is 5. The molecule has 0 saturated carbocycles. The van der Waals surface area contributed by atoms with E-state index < -0.39 is 16.7 Å². The molecule has 9 heteroatoms. The molecule has 1 N–H and O–H groups in total. The van der Waals surface area contributed by atoms with Crippen LogP contribution in [0.25, 0.3) is 11.8 Å². The molecule has 0 bridgehead atoms. The van der Waals surface area contributed by atoms with Gasteiger partial charge in [-0.15, -0.1) is 6.58 Å². The van der Waals surface area contributed by atoms with E-state index in [2.05, 4.69) is 11.9 Å². The Morgan fingerprint density at radius 2 is 2.04 bits per heavy atom. The minimum atomic E-state index is -0.600. The molecule has 1 aromatic carbocycles. The fourth-order valence-electron chi connectivity index (χ4n) is 2.64. The molecule has 1 fully saturated rings. The summed E-state index contributed by atoms with van der Waals surface area (Å²) in [5, 5.41) is 13.5. The number of nitrogens with one attached hydrogen (secondary N) is 1. The molecule has 1 aliphatic heterocycles. The van der Waals surface area contributed by atoms with Crippen molar-refractivity contribution < 1.29 is 14.5 Å². The van der Waals surface area contributed by atoms with Crippen LogP contribution in [-0.4, -0.2) is 37.9 Å². The average Bonchev–Trinajstić information content (AvgIpc) is 3.10. The molecule has 0 atom stereocenters. The highest BCUT2D eigenvalue weighted by Crippen LogP contribution is 2.21. The van der Waals surface area contributed by atoms with E-state index in [0.29, 0.717) is 11.4 Å². The summed E-state index contributed by atoms with van der Waals surface area (Å²) in [7, 11) is 0. The first-order valence-electron chi connectivity index (χ1n) is 7.84. The summed E-state index contributed by atoms with van der Waals surface area (Å²) in [6.45, 7) is 3.74. The van der Waals surface area contributed by atoms with E-state index in [1.54, 1.807) is 35.0 Å². The smallest absolute Gasteiger partial charge is 0.271 e. The third-order valence-corrected chi connectivity index (χ3v) is 4.21. The Hall–Kier alpha value is -3.59. The summed E-state index contributed by atoms with van der Waals surface area (Å²) in [4.78, 5) is 36.6. The molecule has 0 spiro atoms. The minimum Gasteiger partial charge on any atom is -0.317 e. The van der Waals surface area contributed by atoms with Crippen molar-refractivity contribution in [2.24, 2.45) is 0 Å². The number of amides is 2. The van der Waals surface area contributed by atoms with Gasteiger partial charge < -0.3 is 4.57 Å². The Labute approximate surface area is 159 Å². The van der Waals surface area contributed by atoms with Crippen LogP contribution in [0.3, 0.4) is 0 Å². The first kappa shape index (κ1) is 18.2. The topological polar surface area (TPSA) is 97.5 Å². The molecule has 2 amide bonds. The van der Waals surface area contributed by atoms with Gasteiger partial charge in [-0.2, -0.15) is 0 Å². The number of hydrogen-bond donors (Lipinski definition) is 1. The van der Waals surface area contributed by atoms with Crippen molar-refractivity contribution in [1.29, 1.82) is 0 Å². The van der Waals surface area contributed by atoms with Crippen molar-refractivity contribution in [3.05, 3.63) is 76.6 Å². The predicted molar refractivity (Wildman–Crippen MR) is 103 cm³/mol. The van der Waals surface area contributed by atoms with Gasteiger partial charge in [0.1, 0.15) is 5.57 Å². The second kappa shape index (κ2) is 7.34. The number of rotatable bonds is 5. The fraction of sp³-hybridized carbons (Fsp3) is 0.0556. The lowest BCUT2D eigenvalue weighted by molar-refractivity contribution is -0.384. The van der Waals surface area contributed by atoms with Crippen LogP contribution in [0, 0.1) is 10.1 Å². The Kier molecular flexibility index (Phi) is 4.95. The highest BCUT2D eigenvalue weighted by molar-refractivity contribution is 7.80. The van der Waals surface area contributed by atoms with Crippen LogP contribution in [0.4, 0.5) is 5.69 Å². The van der Waals surface area contributed by atoms with Crippen LogP contribution in [-0.2, 0) is 9.59 Å². The average molecular weight is 382 g/mol. The van der Waals surface area contributed by atoms with Crippen LogP contribution in [0.15, 0.2) is 60.8 Å². The second-order valence-electron chi connectivity index (χ2n) is 5.60. The zero-order chi connectivity index (χ0) is 19.6. The molecule has 136 valence electrons. The summed E-state index contributed by atoms with van der Waals surface area (Å²) < 4.78 is 1.64. The van der Waals surface area contributed by atoms with E-state index in [0.717, 1.165) is 0 Å². The van der Waals surface area contributed by atoms with Crippen LogP contribution in [0.5, 0.6) is 0 Å². The normalized spacial score (nSPS) is 15.8. The molecule has 27 heavy (non-hydrogen) atoms. The van der Waals surface area contributed by atoms with Gasteiger partial charge in [-0.25, -0.2) is 0 Å². The number of nitro benzene ring substituents is 1. The SMILES string of the molecule is C=CCN1C(=O)/C(=C/c2cccn2-c2cccc([N+](=O)[O-])c2)C(=O)NC1=S. The van der Waals surface area contributed by atoms with Gasteiger partial charge in [0, 0.05) is 30.6 Å². The lowest BCUT2D eigenvalue weighted by Gasteiger charge is -2.27. The Bertz CT molecular complexity index is 1010. The van der Waals surface area contributed by atoms with Gasteiger partial charge in [0.05, 0.1) is 10.6 Å². The highest BCUT2D eigenvalue weighted by atomic mass is 32.1. The maximum absolute atomic E-state index is 12.6. The van der Waals surface area contributed by atoms with Gasteiger partial charge in [-0.3, -0.25) is 29.9 Å². The van der Waals surface area contributed by atoms with Gasteiger partial charge in [0.2, 0.25) is 0 Å². The lowest BCUT2D eigenvalue weighted by atomic mass is 10.1. The zero-order valence-electron chi connectivity index (χ0n) is 14.0. The van der Waals surface area contributed by atoms with Crippen molar-refractivity contribution in [3.8, 4) is 5.69 Å². The molecule has 0 radical (unpaired) electrons. The van der Waals surface area contributed by atoms with Gasteiger partial charge in [0.15, 0.2) is 5.11 Å². The summed E-state index contributed by atoms with van der Waals surface area (Å²) >= 11 is 5.02. The standard InChI is InChI=1S/C18H14N4O4S/c1-2-8-21-17(24)15(16(23)19-18(21)27)11-13-7-4-9-20(13)12-5-3-6-14(10-12)22(25)26/h2-7,9-11H,1,8H2,(H,19,23,27)/b15-11+. The number of carbonyl (C=O) groups is 2. The molecule has 2 aromatic rings. The molecule has 1 aliphatic rings. The van der Waals surface area contributed by atoms with Gasteiger partial charge in [-0.1, -0.05) is 12.1 Å². The van der Waals surface area contributed by atoms with Crippen molar-refractivity contribution in [2.45, 2.75) is 0 Å². The first-order valence-corrected chi connectivity index (χ1v) is 8.25. The predicted octanol–water partition coefficient (Wildman–Crippen LogP) is 2.20. The molecule has 0 unspecified atom stereocenters. The molecule has 1 aromatic heterocycles. The second-order valence-corrected chi connectivity index (χ2v) is 5.99. The van der Waals surface area contributed by atoms with E-state index in [9.17, 15) is 19.7 Å². The molecule has 1 saturated heterocycles. The van der Waals surface area contributed by atoms with E-state index in [1.165, 1.54) is 29.2 Å². The summed E-state index contributed by atoms with van der Waals surface area (Å²) in [6, 6.07) is 9.45. The maximum atomic E-state index is 12.6. The summed E-state index contributed by atoms with van der Waals surface area (Å²) in [5.41, 5.74) is 0.896. The molecule has 2 heterocycles.